The van der Waals surface area contributed by atoms with E-state index < -0.39 is 21.7 Å². The van der Waals surface area contributed by atoms with Crippen molar-refractivity contribution in [2.75, 3.05) is 30.3 Å². The van der Waals surface area contributed by atoms with Crippen molar-refractivity contribution in [1.29, 1.82) is 0 Å². The molecular weight excluding hydrogens is 393 g/mol. The Kier molecular flexibility index (Phi) is 7.18. The zero-order chi connectivity index (χ0) is 20.0. The second-order valence-corrected chi connectivity index (χ2v) is 7.96. The number of sulfonamides is 1. The number of amides is 1. The largest absolute Gasteiger partial charge is 0.376 e. The zero-order valence-electron chi connectivity index (χ0n) is 15.0. The third kappa shape index (κ3) is 5.41. The van der Waals surface area contributed by atoms with E-state index in [1.165, 1.54) is 34.6 Å². The Morgan fingerprint density at radius 3 is 2.44 bits per heavy atom. The van der Waals surface area contributed by atoms with Gasteiger partial charge in [0.2, 0.25) is 15.9 Å². The lowest BCUT2D eigenvalue weighted by molar-refractivity contribution is -0.114. The van der Waals surface area contributed by atoms with Crippen LogP contribution < -0.4 is 10.6 Å². The molecule has 2 aromatic rings. The molecule has 2 rings (SSSR count). The van der Waals surface area contributed by atoms with Gasteiger partial charge in [0, 0.05) is 24.5 Å². The first kappa shape index (κ1) is 21.1. The first-order valence-electron chi connectivity index (χ1n) is 8.37. The highest BCUT2D eigenvalue weighted by atomic mass is 35.5. The van der Waals surface area contributed by atoms with Crippen LogP contribution in [0.4, 0.5) is 15.8 Å². The summed E-state index contributed by atoms with van der Waals surface area (Å²) in [5.74, 6) is -0.853. The second-order valence-electron chi connectivity index (χ2n) is 5.65. The van der Waals surface area contributed by atoms with E-state index in [1.807, 2.05) is 0 Å². The lowest BCUT2D eigenvalue weighted by Crippen LogP contribution is -2.31. The van der Waals surface area contributed by atoms with Gasteiger partial charge in [-0.2, -0.15) is 4.31 Å². The third-order valence-electron chi connectivity index (χ3n) is 3.82. The first-order valence-corrected chi connectivity index (χ1v) is 10.2. The number of carbonyl (C=O) groups is 1. The number of halogens is 2. The molecule has 0 bridgehead atoms. The molecular formula is C18H21ClFN3O3S. The van der Waals surface area contributed by atoms with Crippen molar-refractivity contribution in [3.63, 3.8) is 0 Å². The van der Waals surface area contributed by atoms with E-state index in [2.05, 4.69) is 10.6 Å². The van der Waals surface area contributed by atoms with Gasteiger partial charge in [-0.1, -0.05) is 31.5 Å². The van der Waals surface area contributed by atoms with Crippen LogP contribution >= 0.6 is 11.6 Å². The molecule has 2 N–H and O–H groups in total. The van der Waals surface area contributed by atoms with E-state index in [0.29, 0.717) is 24.5 Å². The quantitative estimate of drug-likeness (QED) is 0.693. The number of hydrogen-bond donors (Lipinski definition) is 2. The monoisotopic (exact) mass is 413 g/mol. The number of anilines is 2. The van der Waals surface area contributed by atoms with Crippen LogP contribution in [0.15, 0.2) is 47.4 Å². The molecule has 0 saturated carbocycles. The van der Waals surface area contributed by atoms with Gasteiger partial charge in [0.05, 0.1) is 11.6 Å². The number of nitrogens with zero attached hydrogens (tertiary/aromatic N) is 1. The molecule has 1 amide bonds. The molecule has 0 aliphatic heterocycles. The van der Waals surface area contributed by atoms with Gasteiger partial charge >= 0.3 is 0 Å². The third-order valence-corrected chi connectivity index (χ3v) is 6.35. The predicted octanol–water partition coefficient (Wildman–Crippen LogP) is 3.56. The zero-order valence-corrected chi connectivity index (χ0v) is 16.6. The number of carbonyl (C=O) groups excluding carboxylic acids is 1. The summed E-state index contributed by atoms with van der Waals surface area (Å²) in [7, 11) is -3.73. The summed E-state index contributed by atoms with van der Waals surface area (Å²) in [6, 6.07) is 9.98. The van der Waals surface area contributed by atoms with Crippen LogP contribution in [0.3, 0.4) is 0 Å². The summed E-state index contributed by atoms with van der Waals surface area (Å²) in [6.45, 7) is 4.01. The Hall–Kier alpha value is -2.16. The molecule has 6 nitrogen and oxygen atoms in total. The van der Waals surface area contributed by atoms with E-state index in [4.69, 9.17) is 11.6 Å². The maximum absolute atomic E-state index is 13.1. The van der Waals surface area contributed by atoms with Crippen LogP contribution in [0, 0.1) is 5.82 Å². The van der Waals surface area contributed by atoms with Crippen LogP contribution in [-0.2, 0) is 14.8 Å². The van der Waals surface area contributed by atoms with Crippen molar-refractivity contribution in [2.24, 2.45) is 0 Å². The topological polar surface area (TPSA) is 78.5 Å². The molecule has 0 saturated heterocycles. The number of hydrogen-bond acceptors (Lipinski definition) is 4. The lowest BCUT2D eigenvalue weighted by atomic mass is 10.3. The SMILES string of the molecule is CCN(CC)S(=O)(=O)c1cc(NCC(=O)Nc2cccc(F)c2)ccc1Cl. The molecule has 0 unspecified atom stereocenters. The molecule has 0 fully saturated rings. The van der Waals surface area contributed by atoms with Crippen molar-refractivity contribution < 1.29 is 17.6 Å². The van der Waals surface area contributed by atoms with E-state index >= 15 is 0 Å². The van der Waals surface area contributed by atoms with Gasteiger partial charge in [-0.05, 0) is 36.4 Å². The second kappa shape index (κ2) is 9.16. The van der Waals surface area contributed by atoms with Gasteiger partial charge in [-0.3, -0.25) is 4.79 Å². The number of rotatable bonds is 8. The van der Waals surface area contributed by atoms with Crippen LogP contribution in [0.1, 0.15) is 13.8 Å². The Morgan fingerprint density at radius 1 is 1.11 bits per heavy atom. The number of benzene rings is 2. The Morgan fingerprint density at radius 2 is 1.81 bits per heavy atom. The van der Waals surface area contributed by atoms with E-state index in [-0.39, 0.29) is 16.5 Å². The highest BCUT2D eigenvalue weighted by Crippen LogP contribution is 2.27. The fourth-order valence-corrected chi connectivity index (χ4v) is 4.43. The highest BCUT2D eigenvalue weighted by molar-refractivity contribution is 7.89. The maximum atomic E-state index is 13.1. The molecule has 0 heterocycles. The molecule has 9 heteroatoms. The van der Waals surface area contributed by atoms with Crippen molar-refractivity contribution >= 4 is 38.9 Å². The van der Waals surface area contributed by atoms with Crippen LogP contribution in [-0.4, -0.2) is 38.3 Å². The summed E-state index contributed by atoms with van der Waals surface area (Å²) < 4.78 is 39.8. The van der Waals surface area contributed by atoms with Crippen LogP contribution in [0.2, 0.25) is 5.02 Å². The molecule has 27 heavy (non-hydrogen) atoms. The normalized spacial score (nSPS) is 11.4. The standard InChI is InChI=1S/C18H21ClFN3O3S/c1-3-23(4-2)27(25,26)17-11-14(8-9-16(17)19)21-12-18(24)22-15-7-5-6-13(20)10-15/h5-11,21H,3-4,12H2,1-2H3,(H,22,24). The summed E-state index contributed by atoms with van der Waals surface area (Å²) in [6.07, 6.45) is 0. The van der Waals surface area contributed by atoms with Crippen LogP contribution in [0.5, 0.6) is 0 Å². The molecule has 0 aliphatic rings. The van der Waals surface area contributed by atoms with E-state index in [1.54, 1.807) is 26.0 Å². The molecule has 2 aromatic carbocycles. The predicted molar refractivity (Wildman–Crippen MR) is 105 cm³/mol. The van der Waals surface area contributed by atoms with Gasteiger partial charge in [-0.15, -0.1) is 0 Å². The van der Waals surface area contributed by atoms with Crippen LogP contribution in [0.25, 0.3) is 0 Å². The molecule has 0 spiro atoms. The van der Waals surface area contributed by atoms with E-state index in [9.17, 15) is 17.6 Å². The van der Waals surface area contributed by atoms with Crippen molar-refractivity contribution in [3.8, 4) is 0 Å². The van der Waals surface area contributed by atoms with Crippen molar-refractivity contribution in [2.45, 2.75) is 18.7 Å². The smallest absolute Gasteiger partial charge is 0.244 e. The summed E-state index contributed by atoms with van der Waals surface area (Å²) in [5, 5.41) is 5.51. The van der Waals surface area contributed by atoms with Gasteiger partial charge in [0.25, 0.3) is 0 Å². The fraction of sp³-hybridized carbons (Fsp3) is 0.278. The Labute approximate surface area is 163 Å². The maximum Gasteiger partial charge on any atom is 0.244 e. The van der Waals surface area contributed by atoms with E-state index in [0.717, 1.165) is 0 Å². The lowest BCUT2D eigenvalue weighted by Gasteiger charge is -2.20. The van der Waals surface area contributed by atoms with Crippen molar-refractivity contribution in [3.05, 3.63) is 53.3 Å². The first-order chi connectivity index (χ1) is 12.8. The van der Waals surface area contributed by atoms with Gasteiger partial charge in [-0.25, -0.2) is 12.8 Å². The summed E-state index contributed by atoms with van der Waals surface area (Å²) >= 11 is 6.08. The minimum atomic E-state index is -3.73. The summed E-state index contributed by atoms with van der Waals surface area (Å²) in [4.78, 5) is 12.0. The molecule has 0 radical (unpaired) electrons. The molecule has 0 atom stereocenters. The Balaban J connectivity index is 2.11. The van der Waals surface area contributed by atoms with Crippen molar-refractivity contribution in [1.82, 2.24) is 4.31 Å². The number of nitrogens with one attached hydrogen (secondary N) is 2. The average Bonchev–Trinajstić information content (AvgIpc) is 2.61. The van der Waals surface area contributed by atoms with Gasteiger partial charge < -0.3 is 10.6 Å². The summed E-state index contributed by atoms with van der Waals surface area (Å²) in [5.41, 5.74) is 0.766. The molecule has 0 aromatic heterocycles. The average molecular weight is 414 g/mol. The van der Waals surface area contributed by atoms with Gasteiger partial charge in [0.15, 0.2) is 0 Å². The molecule has 0 aliphatic carbocycles. The molecule has 146 valence electrons. The highest BCUT2D eigenvalue weighted by Gasteiger charge is 2.24. The minimum absolute atomic E-state index is 0.0246. The Bertz CT molecular complexity index is 918. The van der Waals surface area contributed by atoms with Gasteiger partial charge in [0.1, 0.15) is 10.7 Å². The fourth-order valence-electron chi connectivity index (χ4n) is 2.47. The minimum Gasteiger partial charge on any atom is -0.376 e.